The maximum Gasteiger partial charge on any atom is 0.407 e. The molecule has 1 aromatic carbocycles. The van der Waals surface area contributed by atoms with Crippen molar-refractivity contribution in [2.24, 2.45) is 0 Å². The number of para-hydroxylation sites is 2. The van der Waals surface area contributed by atoms with E-state index in [0.29, 0.717) is 29.3 Å². The van der Waals surface area contributed by atoms with Gasteiger partial charge in [0.1, 0.15) is 5.75 Å². The van der Waals surface area contributed by atoms with E-state index in [9.17, 15) is 9.59 Å². The van der Waals surface area contributed by atoms with E-state index in [-0.39, 0.29) is 12.5 Å². The van der Waals surface area contributed by atoms with Gasteiger partial charge >= 0.3 is 6.09 Å². The molecule has 0 saturated heterocycles. The first-order valence-electron chi connectivity index (χ1n) is 7.44. The van der Waals surface area contributed by atoms with Gasteiger partial charge in [-0.05, 0) is 31.2 Å². The number of anilines is 1. The number of hydrogen-bond donors (Lipinski definition) is 2. The summed E-state index contributed by atoms with van der Waals surface area (Å²) < 4.78 is 9.98. The smallest absolute Gasteiger partial charge is 0.407 e. The van der Waals surface area contributed by atoms with E-state index in [0.717, 1.165) is 0 Å². The van der Waals surface area contributed by atoms with Crippen molar-refractivity contribution < 1.29 is 19.1 Å². The lowest BCUT2D eigenvalue weighted by atomic mass is 10.2. The van der Waals surface area contributed by atoms with Crippen LogP contribution in [0.4, 0.5) is 10.5 Å². The molecule has 1 aromatic heterocycles. The van der Waals surface area contributed by atoms with Crippen LogP contribution in [-0.4, -0.2) is 30.7 Å². The third kappa shape index (κ3) is 4.70. The van der Waals surface area contributed by atoms with E-state index < -0.39 is 6.09 Å². The number of pyridine rings is 1. The molecule has 0 unspecified atom stereocenters. The minimum atomic E-state index is -0.558. The van der Waals surface area contributed by atoms with Crippen molar-refractivity contribution in [3.05, 3.63) is 53.9 Å². The van der Waals surface area contributed by atoms with Gasteiger partial charge in [0.2, 0.25) is 0 Å². The minimum absolute atomic E-state index is 0.170. The molecule has 0 aliphatic rings. The zero-order valence-electron chi connectivity index (χ0n) is 13.5. The number of carbonyl (C=O) groups is 2. The van der Waals surface area contributed by atoms with Crippen LogP contribution in [0, 0.1) is 0 Å². The molecular formula is C17H19N3O4. The second-order valence-electron chi connectivity index (χ2n) is 4.76. The van der Waals surface area contributed by atoms with Crippen molar-refractivity contribution in [1.82, 2.24) is 10.3 Å². The summed E-state index contributed by atoms with van der Waals surface area (Å²) in [6.45, 7) is 2.55. The molecule has 0 radical (unpaired) electrons. The summed E-state index contributed by atoms with van der Waals surface area (Å²) in [6.07, 6.45) is 0.954. The van der Waals surface area contributed by atoms with Crippen LogP contribution < -0.4 is 15.4 Å². The Bertz CT molecular complexity index is 718. The van der Waals surface area contributed by atoms with Crippen LogP contribution in [0.1, 0.15) is 23.0 Å². The van der Waals surface area contributed by atoms with Crippen molar-refractivity contribution in [2.45, 2.75) is 13.5 Å². The highest BCUT2D eigenvalue weighted by Crippen LogP contribution is 2.24. The second kappa shape index (κ2) is 8.52. The van der Waals surface area contributed by atoms with E-state index in [1.54, 1.807) is 24.3 Å². The summed E-state index contributed by atoms with van der Waals surface area (Å²) in [7, 11) is 1.28. The fourth-order valence-electron chi connectivity index (χ4n) is 2.00. The number of rotatable bonds is 6. The summed E-state index contributed by atoms with van der Waals surface area (Å²) in [5, 5.41) is 5.33. The van der Waals surface area contributed by atoms with Crippen LogP contribution in [0.2, 0.25) is 0 Å². The van der Waals surface area contributed by atoms with Crippen LogP contribution >= 0.6 is 0 Å². The first-order chi connectivity index (χ1) is 11.6. The molecule has 2 N–H and O–H groups in total. The van der Waals surface area contributed by atoms with Gasteiger partial charge in [0, 0.05) is 11.8 Å². The van der Waals surface area contributed by atoms with Crippen molar-refractivity contribution in [1.29, 1.82) is 0 Å². The maximum absolute atomic E-state index is 12.4. The lowest BCUT2D eigenvalue weighted by Crippen LogP contribution is -2.23. The molecule has 0 aliphatic heterocycles. The van der Waals surface area contributed by atoms with Gasteiger partial charge in [-0.15, -0.1) is 0 Å². The Morgan fingerprint density at radius 3 is 2.75 bits per heavy atom. The first kappa shape index (κ1) is 17.3. The molecule has 0 bridgehead atoms. The lowest BCUT2D eigenvalue weighted by molar-refractivity contribution is 0.102. The molecule has 7 heteroatoms. The summed E-state index contributed by atoms with van der Waals surface area (Å²) in [6, 6.07) is 10.4. The molecule has 7 nitrogen and oxygen atoms in total. The molecule has 0 saturated carbocycles. The molecule has 0 fully saturated rings. The van der Waals surface area contributed by atoms with Crippen molar-refractivity contribution in [3.63, 3.8) is 0 Å². The molecule has 0 aliphatic carbocycles. The Labute approximate surface area is 140 Å². The van der Waals surface area contributed by atoms with E-state index in [4.69, 9.17) is 4.74 Å². The molecule has 126 valence electrons. The highest BCUT2D eigenvalue weighted by atomic mass is 16.5. The molecule has 2 amide bonds. The number of hydrogen-bond acceptors (Lipinski definition) is 5. The predicted molar refractivity (Wildman–Crippen MR) is 89.0 cm³/mol. The number of nitrogens with one attached hydrogen (secondary N) is 2. The van der Waals surface area contributed by atoms with Crippen molar-refractivity contribution in [3.8, 4) is 5.75 Å². The Morgan fingerprint density at radius 2 is 2.00 bits per heavy atom. The fourth-order valence-corrected chi connectivity index (χ4v) is 2.00. The molecule has 1 heterocycles. The Kier molecular flexibility index (Phi) is 6.13. The van der Waals surface area contributed by atoms with Gasteiger partial charge in [0.15, 0.2) is 0 Å². The Hall–Kier alpha value is -3.09. The molecular weight excluding hydrogens is 310 g/mol. The molecule has 2 rings (SSSR count). The number of nitrogens with zero attached hydrogens (tertiary/aromatic N) is 1. The Balaban J connectivity index is 2.09. The number of amides is 2. The van der Waals surface area contributed by atoms with E-state index in [1.165, 1.54) is 13.3 Å². The largest absolute Gasteiger partial charge is 0.492 e. The molecule has 24 heavy (non-hydrogen) atoms. The molecule has 2 aromatic rings. The van der Waals surface area contributed by atoms with Crippen molar-refractivity contribution in [2.75, 3.05) is 19.0 Å². The van der Waals surface area contributed by atoms with Gasteiger partial charge < -0.3 is 20.1 Å². The lowest BCUT2D eigenvalue weighted by Gasteiger charge is -2.11. The summed E-state index contributed by atoms with van der Waals surface area (Å²) in [4.78, 5) is 27.6. The van der Waals surface area contributed by atoms with E-state index >= 15 is 0 Å². The normalized spacial score (nSPS) is 9.92. The Morgan fingerprint density at radius 1 is 1.21 bits per heavy atom. The third-order valence-corrected chi connectivity index (χ3v) is 3.11. The van der Waals surface area contributed by atoms with Gasteiger partial charge in [-0.1, -0.05) is 12.1 Å². The van der Waals surface area contributed by atoms with Crippen LogP contribution in [0.5, 0.6) is 5.75 Å². The molecule has 0 spiro atoms. The number of methoxy groups -OCH3 is 1. The van der Waals surface area contributed by atoms with Crippen LogP contribution in [-0.2, 0) is 11.3 Å². The number of benzene rings is 1. The third-order valence-electron chi connectivity index (χ3n) is 3.11. The van der Waals surface area contributed by atoms with E-state index in [1.807, 2.05) is 19.1 Å². The standard InChI is InChI=1S/C17H19N3O4/c1-3-24-15-7-5-4-6-14(15)20-16(21)12-8-9-18-13(10-12)11-19-17(22)23-2/h4-10H,3,11H2,1-2H3,(H,19,22)(H,20,21). The quantitative estimate of drug-likeness (QED) is 0.850. The monoisotopic (exact) mass is 329 g/mol. The predicted octanol–water partition coefficient (Wildman–Crippen LogP) is 2.59. The van der Waals surface area contributed by atoms with Gasteiger partial charge in [-0.2, -0.15) is 0 Å². The van der Waals surface area contributed by atoms with E-state index in [2.05, 4.69) is 20.4 Å². The maximum atomic E-state index is 12.4. The summed E-state index contributed by atoms with van der Waals surface area (Å²) >= 11 is 0. The fraction of sp³-hybridized carbons (Fsp3) is 0.235. The zero-order valence-corrected chi connectivity index (χ0v) is 13.5. The topological polar surface area (TPSA) is 89.5 Å². The zero-order chi connectivity index (χ0) is 17.4. The average Bonchev–Trinajstić information content (AvgIpc) is 2.61. The second-order valence-corrected chi connectivity index (χ2v) is 4.76. The highest BCUT2D eigenvalue weighted by molar-refractivity contribution is 6.05. The summed E-state index contributed by atoms with van der Waals surface area (Å²) in [5.74, 6) is 0.318. The highest BCUT2D eigenvalue weighted by Gasteiger charge is 2.11. The van der Waals surface area contributed by atoms with Crippen LogP contribution in [0.15, 0.2) is 42.6 Å². The van der Waals surface area contributed by atoms with Gasteiger partial charge in [0.25, 0.3) is 5.91 Å². The number of ether oxygens (including phenoxy) is 2. The van der Waals surface area contributed by atoms with Gasteiger partial charge in [-0.25, -0.2) is 4.79 Å². The number of alkyl carbamates (subject to hydrolysis) is 1. The van der Waals surface area contributed by atoms with Crippen molar-refractivity contribution >= 4 is 17.7 Å². The van der Waals surface area contributed by atoms with Gasteiger partial charge in [-0.3, -0.25) is 9.78 Å². The number of carbonyl (C=O) groups excluding carboxylic acids is 2. The average molecular weight is 329 g/mol. The van der Waals surface area contributed by atoms with Crippen LogP contribution in [0.25, 0.3) is 0 Å². The minimum Gasteiger partial charge on any atom is -0.492 e. The van der Waals surface area contributed by atoms with Crippen LogP contribution in [0.3, 0.4) is 0 Å². The summed E-state index contributed by atoms with van der Waals surface area (Å²) in [5.41, 5.74) is 1.57. The SMILES string of the molecule is CCOc1ccccc1NC(=O)c1ccnc(CNC(=O)OC)c1. The van der Waals surface area contributed by atoms with Gasteiger partial charge in [0.05, 0.1) is 31.6 Å². The first-order valence-corrected chi connectivity index (χ1v) is 7.44. The molecule has 0 atom stereocenters. The number of aromatic nitrogens is 1.